The Hall–Kier alpha value is 0.0200. The Bertz CT molecular complexity index is 133. The average molecular weight is 144 g/mol. The molecular formula is C7H12OS. The number of carbonyl (C=O) groups is 1. The zero-order valence-corrected chi connectivity index (χ0v) is 6.75. The number of hydrogen-bond acceptors (Lipinski definition) is 2. The molecule has 1 aliphatic carbocycles. The van der Waals surface area contributed by atoms with Crippen LogP contribution in [0.5, 0.6) is 0 Å². The highest BCUT2D eigenvalue weighted by Gasteiger charge is 2.35. The van der Waals surface area contributed by atoms with Gasteiger partial charge in [0.1, 0.15) is 5.78 Å². The zero-order valence-electron chi connectivity index (χ0n) is 5.94. The standard InChI is InChI=1S/C7H12OS/c1-7(9-2)5-3-4-6(7)8/h3-5H2,1-2H3. The number of thioether (sulfide) groups is 1. The molecule has 0 aromatic carbocycles. The van der Waals surface area contributed by atoms with Crippen molar-refractivity contribution in [2.24, 2.45) is 0 Å². The third kappa shape index (κ3) is 1.13. The summed E-state index contributed by atoms with van der Waals surface area (Å²) in [4.78, 5) is 11.1. The van der Waals surface area contributed by atoms with E-state index in [9.17, 15) is 4.79 Å². The highest BCUT2D eigenvalue weighted by Crippen LogP contribution is 2.36. The van der Waals surface area contributed by atoms with Crippen LogP contribution in [0.1, 0.15) is 26.2 Å². The van der Waals surface area contributed by atoms with Crippen LogP contribution in [0.2, 0.25) is 0 Å². The lowest BCUT2D eigenvalue weighted by Gasteiger charge is -2.17. The molecule has 1 fully saturated rings. The molecule has 0 saturated heterocycles. The van der Waals surface area contributed by atoms with Gasteiger partial charge in [-0.2, -0.15) is 11.8 Å². The van der Waals surface area contributed by atoms with Crippen molar-refractivity contribution in [3.63, 3.8) is 0 Å². The molecule has 9 heavy (non-hydrogen) atoms. The first-order chi connectivity index (χ1) is 4.19. The van der Waals surface area contributed by atoms with Gasteiger partial charge in [-0.25, -0.2) is 0 Å². The molecule has 0 amide bonds. The number of Topliss-reactive ketones (excluding diaryl/α,β-unsaturated/α-hetero) is 1. The number of carbonyl (C=O) groups excluding carboxylic acids is 1. The summed E-state index contributed by atoms with van der Waals surface area (Å²) in [6.07, 6.45) is 4.99. The van der Waals surface area contributed by atoms with Crippen LogP contribution in [0, 0.1) is 0 Å². The molecule has 0 bridgehead atoms. The van der Waals surface area contributed by atoms with Gasteiger partial charge < -0.3 is 0 Å². The third-order valence-electron chi connectivity index (χ3n) is 2.10. The molecule has 0 spiro atoms. The SMILES string of the molecule is CSC1(C)CCCC1=O. The van der Waals surface area contributed by atoms with Crippen molar-refractivity contribution in [3.8, 4) is 0 Å². The summed E-state index contributed by atoms with van der Waals surface area (Å²) >= 11 is 1.69. The molecule has 1 saturated carbocycles. The van der Waals surface area contributed by atoms with Crippen molar-refractivity contribution in [3.05, 3.63) is 0 Å². The summed E-state index contributed by atoms with van der Waals surface area (Å²) in [6.45, 7) is 2.05. The first kappa shape index (κ1) is 7.13. The highest BCUT2D eigenvalue weighted by molar-refractivity contribution is 8.00. The van der Waals surface area contributed by atoms with Crippen molar-refractivity contribution < 1.29 is 4.79 Å². The summed E-state index contributed by atoms with van der Waals surface area (Å²) in [6, 6.07) is 0. The van der Waals surface area contributed by atoms with E-state index in [2.05, 4.69) is 0 Å². The van der Waals surface area contributed by atoms with Crippen molar-refractivity contribution in [1.29, 1.82) is 0 Å². The van der Waals surface area contributed by atoms with E-state index in [-0.39, 0.29) is 4.75 Å². The van der Waals surface area contributed by atoms with E-state index in [0.29, 0.717) is 5.78 Å². The third-order valence-corrected chi connectivity index (χ3v) is 3.43. The Morgan fingerprint density at radius 2 is 2.33 bits per heavy atom. The van der Waals surface area contributed by atoms with Crippen LogP contribution in [0.15, 0.2) is 0 Å². The maximum Gasteiger partial charge on any atom is 0.148 e. The molecule has 0 radical (unpaired) electrons. The first-order valence-corrected chi connectivity index (χ1v) is 4.50. The maximum absolute atomic E-state index is 11.1. The predicted molar refractivity (Wildman–Crippen MR) is 40.8 cm³/mol. The smallest absolute Gasteiger partial charge is 0.148 e. The number of hydrogen-bond donors (Lipinski definition) is 0. The molecule has 0 aromatic heterocycles. The number of ketones is 1. The van der Waals surface area contributed by atoms with Crippen LogP contribution >= 0.6 is 11.8 Å². The molecule has 0 aromatic rings. The van der Waals surface area contributed by atoms with E-state index >= 15 is 0 Å². The minimum atomic E-state index is -0.0278. The van der Waals surface area contributed by atoms with Crippen molar-refractivity contribution in [2.75, 3.05) is 6.26 Å². The van der Waals surface area contributed by atoms with E-state index in [0.717, 1.165) is 19.3 Å². The van der Waals surface area contributed by atoms with E-state index in [1.54, 1.807) is 11.8 Å². The van der Waals surface area contributed by atoms with Gasteiger partial charge in [-0.15, -0.1) is 0 Å². The Balaban J connectivity index is 2.67. The van der Waals surface area contributed by atoms with Crippen molar-refractivity contribution in [1.82, 2.24) is 0 Å². The molecule has 2 heteroatoms. The normalized spacial score (nSPS) is 35.6. The van der Waals surface area contributed by atoms with Gasteiger partial charge in [-0.3, -0.25) is 4.79 Å². The van der Waals surface area contributed by atoms with E-state index in [1.165, 1.54) is 0 Å². The monoisotopic (exact) mass is 144 g/mol. The molecule has 0 heterocycles. The molecule has 1 rings (SSSR count). The van der Waals surface area contributed by atoms with Crippen LogP contribution < -0.4 is 0 Å². The summed E-state index contributed by atoms with van der Waals surface area (Å²) < 4.78 is -0.0278. The van der Waals surface area contributed by atoms with Gasteiger partial charge in [0.05, 0.1) is 4.75 Å². The quantitative estimate of drug-likeness (QED) is 0.558. The van der Waals surface area contributed by atoms with Crippen LogP contribution in [0.25, 0.3) is 0 Å². The molecule has 1 atom stereocenters. The topological polar surface area (TPSA) is 17.1 Å². The Morgan fingerprint density at radius 3 is 2.56 bits per heavy atom. The minimum absolute atomic E-state index is 0.0278. The van der Waals surface area contributed by atoms with Gasteiger partial charge in [0.2, 0.25) is 0 Å². The molecule has 1 unspecified atom stereocenters. The molecule has 0 aliphatic heterocycles. The predicted octanol–water partition coefficient (Wildman–Crippen LogP) is 1.86. The van der Waals surface area contributed by atoms with E-state index in [1.807, 2.05) is 13.2 Å². The van der Waals surface area contributed by atoms with Crippen LogP contribution in [0.3, 0.4) is 0 Å². The highest BCUT2D eigenvalue weighted by atomic mass is 32.2. The lowest BCUT2D eigenvalue weighted by Crippen LogP contribution is -2.24. The zero-order chi connectivity index (χ0) is 6.91. The summed E-state index contributed by atoms with van der Waals surface area (Å²) in [5.74, 6) is 0.440. The van der Waals surface area contributed by atoms with Crippen LogP contribution in [-0.2, 0) is 4.79 Å². The van der Waals surface area contributed by atoms with Crippen molar-refractivity contribution in [2.45, 2.75) is 30.9 Å². The molecular weight excluding hydrogens is 132 g/mol. The summed E-state index contributed by atoms with van der Waals surface area (Å²) in [7, 11) is 0. The Kier molecular flexibility index (Phi) is 1.85. The average Bonchev–Trinajstić information content (AvgIpc) is 2.15. The first-order valence-electron chi connectivity index (χ1n) is 3.27. The van der Waals surface area contributed by atoms with Gasteiger partial charge in [0.25, 0.3) is 0 Å². The van der Waals surface area contributed by atoms with Crippen molar-refractivity contribution >= 4 is 17.5 Å². The minimum Gasteiger partial charge on any atom is -0.298 e. The van der Waals surface area contributed by atoms with Crippen LogP contribution in [-0.4, -0.2) is 16.8 Å². The van der Waals surface area contributed by atoms with Gasteiger partial charge in [-0.1, -0.05) is 0 Å². The second-order valence-electron chi connectivity index (χ2n) is 2.71. The second kappa shape index (κ2) is 2.33. The number of rotatable bonds is 1. The Labute approximate surface area is 60.2 Å². The fourth-order valence-electron chi connectivity index (χ4n) is 1.21. The lowest BCUT2D eigenvalue weighted by atomic mass is 10.1. The largest absolute Gasteiger partial charge is 0.298 e. The van der Waals surface area contributed by atoms with Gasteiger partial charge in [0.15, 0.2) is 0 Å². The fourth-order valence-corrected chi connectivity index (χ4v) is 1.88. The maximum atomic E-state index is 11.1. The van der Waals surface area contributed by atoms with Gasteiger partial charge in [0, 0.05) is 6.42 Å². The fraction of sp³-hybridized carbons (Fsp3) is 0.857. The summed E-state index contributed by atoms with van der Waals surface area (Å²) in [5, 5.41) is 0. The molecule has 0 N–H and O–H groups in total. The van der Waals surface area contributed by atoms with Gasteiger partial charge in [-0.05, 0) is 26.0 Å². The summed E-state index contributed by atoms with van der Waals surface area (Å²) in [5.41, 5.74) is 0. The van der Waals surface area contributed by atoms with Gasteiger partial charge >= 0.3 is 0 Å². The van der Waals surface area contributed by atoms with E-state index < -0.39 is 0 Å². The molecule has 1 aliphatic rings. The molecule has 52 valence electrons. The second-order valence-corrected chi connectivity index (χ2v) is 4.02. The Morgan fingerprint density at radius 1 is 1.67 bits per heavy atom. The molecule has 1 nitrogen and oxygen atoms in total. The lowest BCUT2D eigenvalue weighted by molar-refractivity contribution is -0.119. The van der Waals surface area contributed by atoms with Crippen LogP contribution in [0.4, 0.5) is 0 Å². The van der Waals surface area contributed by atoms with E-state index in [4.69, 9.17) is 0 Å².